The normalized spacial score (nSPS) is 12.5. The molecule has 1 unspecified atom stereocenters. The molecule has 1 N–H and O–H groups in total. The Morgan fingerprint density at radius 2 is 1.71 bits per heavy atom. The van der Waals surface area contributed by atoms with Crippen LogP contribution in [0.3, 0.4) is 0 Å². The number of hydrogen-bond donors (Lipinski definition) is 1. The predicted molar refractivity (Wildman–Crippen MR) is 93.2 cm³/mol. The van der Waals surface area contributed by atoms with Gasteiger partial charge in [0, 0.05) is 8.95 Å². The fourth-order valence-electron chi connectivity index (χ4n) is 2.49. The third kappa shape index (κ3) is 3.74. The largest absolute Gasteiger partial charge is 0.306 e. The van der Waals surface area contributed by atoms with Crippen LogP contribution in [0.5, 0.6) is 0 Å². The summed E-state index contributed by atoms with van der Waals surface area (Å²) in [7, 11) is 0. The lowest BCUT2D eigenvalue weighted by molar-refractivity contribution is 0.598. The van der Waals surface area contributed by atoms with Gasteiger partial charge >= 0.3 is 0 Å². The molecule has 2 rings (SSSR count). The van der Waals surface area contributed by atoms with E-state index in [1.807, 2.05) is 38.1 Å². The smallest absolute Gasteiger partial charge is 0.129 e. The summed E-state index contributed by atoms with van der Waals surface area (Å²) in [6, 6.07) is 9.97. The van der Waals surface area contributed by atoms with Crippen LogP contribution in [0.4, 0.5) is 4.39 Å². The Morgan fingerprint density at radius 3 is 2.29 bits per heavy atom. The molecule has 1 nitrogen and oxygen atoms in total. The van der Waals surface area contributed by atoms with E-state index in [1.54, 1.807) is 0 Å². The van der Waals surface area contributed by atoms with Crippen molar-refractivity contribution in [1.29, 1.82) is 0 Å². The fraction of sp³-hybridized carbons (Fsp3) is 0.294. The van der Waals surface area contributed by atoms with Crippen LogP contribution in [0.15, 0.2) is 39.3 Å². The van der Waals surface area contributed by atoms with Crippen molar-refractivity contribution in [2.75, 3.05) is 6.54 Å². The molecule has 0 amide bonds. The number of hydrogen-bond acceptors (Lipinski definition) is 1. The monoisotopic (exact) mass is 413 g/mol. The number of rotatable bonds is 4. The first-order valence-electron chi connectivity index (χ1n) is 6.89. The number of nitrogens with one attached hydrogen (secondary N) is 1. The molecule has 4 heteroatoms. The molecular weight excluding hydrogens is 397 g/mol. The molecule has 1 atom stereocenters. The molecule has 0 spiro atoms. The summed E-state index contributed by atoms with van der Waals surface area (Å²) >= 11 is 7.14. The standard InChI is InChI=1S/C17H18Br2FN/c1-4-21-17(14-9-13(18)5-6-15(14)19)12-7-10(2)16(20)11(3)8-12/h5-9,17,21H,4H2,1-3H3. The van der Waals surface area contributed by atoms with Gasteiger partial charge < -0.3 is 5.32 Å². The molecule has 0 aliphatic carbocycles. The van der Waals surface area contributed by atoms with Crippen molar-refractivity contribution < 1.29 is 4.39 Å². The Hall–Kier alpha value is -0.710. The summed E-state index contributed by atoms with van der Waals surface area (Å²) < 4.78 is 15.9. The molecule has 0 saturated heterocycles. The molecule has 0 radical (unpaired) electrons. The second-order valence-corrected chi connectivity index (χ2v) is 6.90. The molecule has 0 aromatic heterocycles. The van der Waals surface area contributed by atoms with Crippen LogP contribution in [-0.2, 0) is 0 Å². The highest BCUT2D eigenvalue weighted by molar-refractivity contribution is 9.11. The maximum atomic E-state index is 13.9. The van der Waals surface area contributed by atoms with E-state index in [0.717, 1.165) is 26.6 Å². The highest BCUT2D eigenvalue weighted by Gasteiger charge is 2.18. The lowest BCUT2D eigenvalue weighted by Gasteiger charge is -2.22. The zero-order chi connectivity index (χ0) is 15.6. The molecule has 0 fully saturated rings. The van der Waals surface area contributed by atoms with Crippen molar-refractivity contribution in [2.24, 2.45) is 0 Å². The number of halogens is 3. The van der Waals surface area contributed by atoms with Gasteiger partial charge in [-0.25, -0.2) is 4.39 Å². The highest BCUT2D eigenvalue weighted by Crippen LogP contribution is 2.32. The minimum atomic E-state index is -0.123. The zero-order valence-corrected chi connectivity index (χ0v) is 15.5. The van der Waals surface area contributed by atoms with E-state index in [0.29, 0.717) is 11.1 Å². The third-order valence-corrected chi connectivity index (χ3v) is 4.68. The minimum Gasteiger partial charge on any atom is -0.306 e. The van der Waals surface area contributed by atoms with Crippen molar-refractivity contribution >= 4 is 31.9 Å². The maximum Gasteiger partial charge on any atom is 0.129 e. The lowest BCUT2D eigenvalue weighted by atomic mass is 9.95. The summed E-state index contributed by atoms with van der Waals surface area (Å²) in [4.78, 5) is 0. The molecule has 0 bridgehead atoms. The summed E-state index contributed by atoms with van der Waals surface area (Å²) in [5, 5.41) is 3.48. The van der Waals surface area contributed by atoms with E-state index in [2.05, 4.69) is 50.2 Å². The zero-order valence-electron chi connectivity index (χ0n) is 12.3. The van der Waals surface area contributed by atoms with Gasteiger partial charge in [0.25, 0.3) is 0 Å². The average molecular weight is 415 g/mol. The third-order valence-electron chi connectivity index (χ3n) is 3.47. The first-order chi connectivity index (χ1) is 9.93. The Bertz CT molecular complexity index is 632. The SMILES string of the molecule is CCNC(c1cc(C)c(F)c(C)c1)c1cc(Br)ccc1Br. The summed E-state index contributed by atoms with van der Waals surface area (Å²) in [6.45, 7) is 6.52. The minimum absolute atomic E-state index is 0.0277. The summed E-state index contributed by atoms with van der Waals surface area (Å²) in [5.41, 5.74) is 3.57. The van der Waals surface area contributed by atoms with Crippen molar-refractivity contribution in [3.8, 4) is 0 Å². The maximum absolute atomic E-state index is 13.9. The van der Waals surface area contributed by atoms with Crippen LogP contribution in [0, 0.1) is 19.7 Å². The second kappa shape index (κ2) is 7.03. The Morgan fingerprint density at radius 1 is 1.10 bits per heavy atom. The quantitative estimate of drug-likeness (QED) is 0.679. The first-order valence-corrected chi connectivity index (χ1v) is 8.47. The van der Waals surface area contributed by atoms with Crippen molar-refractivity contribution in [3.05, 3.63) is 67.3 Å². The Labute approximate surface area is 142 Å². The molecule has 112 valence electrons. The van der Waals surface area contributed by atoms with Gasteiger partial charge in [-0.3, -0.25) is 0 Å². The number of aryl methyl sites for hydroxylation is 2. The van der Waals surface area contributed by atoms with Crippen molar-refractivity contribution in [1.82, 2.24) is 5.32 Å². The topological polar surface area (TPSA) is 12.0 Å². The van der Waals surface area contributed by atoms with Crippen LogP contribution in [-0.4, -0.2) is 6.54 Å². The number of benzene rings is 2. The predicted octanol–water partition coefficient (Wildman–Crippen LogP) is 5.67. The van der Waals surface area contributed by atoms with Crippen LogP contribution < -0.4 is 5.32 Å². The fourth-order valence-corrected chi connectivity index (χ4v) is 3.35. The van der Waals surface area contributed by atoms with Crippen LogP contribution in [0.1, 0.15) is 35.2 Å². The van der Waals surface area contributed by atoms with Crippen molar-refractivity contribution in [3.63, 3.8) is 0 Å². The van der Waals surface area contributed by atoms with E-state index in [9.17, 15) is 4.39 Å². The average Bonchev–Trinajstić information content (AvgIpc) is 2.44. The van der Waals surface area contributed by atoms with Gasteiger partial charge in [0.1, 0.15) is 5.82 Å². The van der Waals surface area contributed by atoms with Gasteiger partial charge in [0.05, 0.1) is 6.04 Å². The van der Waals surface area contributed by atoms with Gasteiger partial charge in [-0.05, 0) is 60.8 Å². The van der Waals surface area contributed by atoms with Gasteiger partial charge in [-0.15, -0.1) is 0 Å². The molecular formula is C17H18Br2FN. The summed E-state index contributed by atoms with van der Waals surface area (Å²) in [5.74, 6) is -0.123. The molecule has 0 heterocycles. The molecule has 0 aliphatic rings. The van der Waals surface area contributed by atoms with E-state index in [-0.39, 0.29) is 11.9 Å². The molecule has 2 aromatic rings. The first kappa shape index (κ1) is 16.7. The molecule has 0 saturated carbocycles. The van der Waals surface area contributed by atoms with Crippen LogP contribution >= 0.6 is 31.9 Å². The second-order valence-electron chi connectivity index (χ2n) is 5.13. The molecule has 21 heavy (non-hydrogen) atoms. The van der Waals surface area contributed by atoms with Gasteiger partial charge in [0.2, 0.25) is 0 Å². The van der Waals surface area contributed by atoms with E-state index in [1.165, 1.54) is 0 Å². The van der Waals surface area contributed by atoms with Crippen LogP contribution in [0.2, 0.25) is 0 Å². The van der Waals surface area contributed by atoms with E-state index in [4.69, 9.17) is 0 Å². The highest BCUT2D eigenvalue weighted by atomic mass is 79.9. The Kier molecular flexibility index (Phi) is 5.58. The van der Waals surface area contributed by atoms with E-state index < -0.39 is 0 Å². The van der Waals surface area contributed by atoms with Crippen molar-refractivity contribution in [2.45, 2.75) is 26.8 Å². The van der Waals surface area contributed by atoms with Gasteiger partial charge in [-0.1, -0.05) is 50.9 Å². The Balaban J connectivity index is 2.56. The van der Waals surface area contributed by atoms with Crippen LogP contribution in [0.25, 0.3) is 0 Å². The lowest BCUT2D eigenvalue weighted by Crippen LogP contribution is -2.22. The molecule has 0 aliphatic heterocycles. The van der Waals surface area contributed by atoms with Gasteiger partial charge in [-0.2, -0.15) is 0 Å². The van der Waals surface area contributed by atoms with E-state index >= 15 is 0 Å². The summed E-state index contributed by atoms with van der Waals surface area (Å²) in [6.07, 6.45) is 0. The molecule has 2 aromatic carbocycles. The van der Waals surface area contributed by atoms with Gasteiger partial charge in [0.15, 0.2) is 0 Å².